The first-order valence-electron chi connectivity index (χ1n) is 4.34. The molecule has 0 saturated heterocycles. The topological polar surface area (TPSA) is 30.0 Å². The summed E-state index contributed by atoms with van der Waals surface area (Å²) in [7, 11) is 0. The number of pyridine rings is 1. The fourth-order valence-corrected chi connectivity index (χ4v) is 1.31. The number of hydrogen-bond donors (Lipinski definition) is 0. The molecule has 1 heterocycles. The monoisotopic (exact) mass is 241 g/mol. The third kappa shape index (κ3) is 3.68. The molecule has 0 aromatic carbocycles. The van der Waals surface area contributed by atoms with Crippen LogP contribution in [0.15, 0.2) is 22.8 Å². The van der Waals surface area contributed by atoms with Gasteiger partial charge in [0.1, 0.15) is 5.78 Å². The van der Waals surface area contributed by atoms with Crippen LogP contribution in [0.2, 0.25) is 0 Å². The Bertz CT molecular complexity index is 281. The van der Waals surface area contributed by atoms with E-state index in [9.17, 15) is 4.79 Å². The van der Waals surface area contributed by atoms with E-state index in [1.54, 1.807) is 6.20 Å². The van der Waals surface area contributed by atoms with Crippen molar-refractivity contribution >= 4 is 21.7 Å². The second kappa shape index (κ2) is 5.12. The average Bonchev–Trinajstić information content (AvgIpc) is 2.09. The summed E-state index contributed by atoms with van der Waals surface area (Å²) < 4.78 is 0.944. The normalized spacial score (nSPS) is 10.0. The van der Waals surface area contributed by atoms with Crippen molar-refractivity contribution < 1.29 is 4.79 Å². The standard InChI is InChI=1S/C10H12BrNO/c1-2-3-10(13)6-9-5-4-8(11)7-12-9/h4-5,7H,2-3,6H2,1H3. The molecule has 0 radical (unpaired) electrons. The summed E-state index contributed by atoms with van der Waals surface area (Å²) in [6, 6.07) is 3.78. The van der Waals surface area contributed by atoms with Crippen molar-refractivity contribution in [1.29, 1.82) is 0 Å². The Kier molecular flexibility index (Phi) is 4.09. The molecule has 0 aliphatic carbocycles. The van der Waals surface area contributed by atoms with E-state index in [1.807, 2.05) is 19.1 Å². The maximum atomic E-state index is 11.2. The quantitative estimate of drug-likeness (QED) is 0.812. The molecule has 1 rings (SSSR count). The molecule has 0 N–H and O–H groups in total. The zero-order valence-electron chi connectivity index (χ0n) is 7.59. The van der Waals surface area contributed by atoms with Crippen LogP contribution in [-0.4, -0.2) is 10.8 Å². The van der Waals surface area contributed by atoms with Crippen LogP contribution in [0.3, 0.4) is 0 Å². The van der Waals surface area contributed by atoms with Gasteiger partial charge in [-0.25, -0.2) is 0 Å². The van der Waals surface area contributed by atoms with Crippen LogP contribution in [0.4, 0.5) is 0 Å². The van der Waals surface area contributed by atoms with Crippen LogP contribution in [0, 0.1) is 0 Å². The molecule has 1 aromatic heterocycles. The van der Waals surface area contributed by atoms with Crippen LogP contribution in [0.1, 0.15) is 25.5 Å². The summed E-state index contributed by atoms with van der Waals surface area (Å²) in [6.45, 7) is 2.01. The molecular weight excluding hydrogens is 230 g/mol. The molecule has 0 bridgehead atoms. The van der Waals surface area contributed by atoms with Crippen molar-refractivity contribution in [3.8, 4) is 0 Å². The third-order valence-electron chi connectivity index (χ3n) is 1.70. The van der Waals surface area contributed by atoms with Gasteiger partial charge in [-0.1, -0.05) is 6.92 Å². The van der Waals surface area contributed by atoms with Gasteiger partial charge in [-0.05, 0) is 34.5 Å². The van der Waals surface area contributed by atoms with Crippen molar-refractivity contribution in [2.45, 2.75) is 26.2 Å². The molecule has 0 fully saturated rings. The Morgan fingerprint density at radius 1 is 1.54 bits per heavy atom. The van der Waals surface area contributed by atoms with Crippen LogP contribution in [0.5, 0.6) is 0 Å². The number of halogens is 1. The fourth-order valence-electron chi connectivity index (χ4n) is 1.08. The summed E-state index contributed by atoms with van der Waals surface area (Å²) in [5.41, 5.74) is 0.849. The molecule has 0 unspecified atom stereocenters. The number of Topliss-reactive ketones (excluding diaryl/α,β-unsaturated/α-hetero) is 1. The first-order valence-corrected chi connectivity index (χ1v) is 5.14. The second-order valence-corrected chi connectivity index (χ2v) is 3.85. The molecule has 13 heavy (non-hydrogen) atoms. The predicted octanol–water partition coefficient (Wildman–Crippen LogP) is 2.76. The zero-order valence-corrected chi connectivity index (χ0v) is 9.17. The summed E-state index contributed by atoms with van der Waals surface area (Å²) in [6.07, 6.45) is 3.74. The van der Waals surface area contributed by atoms with E-state index in [0.717, 1.165) is 16.6 Å². The predicted molar refractivity (Wildman–Crippen MR) is 55.6 cm³/mol. The van der Waals surface area contributed by atoms with Gasteiger partial charge in [-0.2, -0.15) is 0 Å². The van der Waals surface area contributed by atoms with Crippen LogP contribution >= 0.6 is 15.9 Å². The number of hydrogen-bond acceptors (Lipinski definition) is 2. The Morgan fingerprint density at radius 2 is 2.31 bits per heavy atom. The molecule has 3 heteroatoms. The highest BCUT2D eigenvalue weighted by Crippen LogP contribution is 2.08. The lowest BCUT2D eigenvalue weighted by atomic mass is 10.1. The Labute approximate surface area is 86.5 Å². The maximum Gasteiger partial charge on any atom is 0.138 e. The number of nitrogens with zero attached hydrogens (tertiary/aromatic N) is 1. The van der Waals surface area contributed by atoms with Crippen molar-refractivity contribution in [2.24, 2.45) is 0 Å². The third-order valence-corrected chi connectivity index (χ3v) is 2.16. The number of carbonyl (C=O) groups is 1. The highest BCUT2D eigenvalue weighted by atomic mass is 79.9. The molecule has 2 nitrogen and oxygen atoms in total. The molecule has 70 valence electrons. The minimum atomic E-state index is 0.261. The smallest absolute Gasteiger partial charge is 0.138 e. The number of carbonyl (C=O) groups excluding carboxylic acids is 1. The first-order chi connectivity index (χ1) is 6.22. The van der Waals surface area contributed by atoms with Gasteiger partial charge in [0.05, 0.1) is 0 Å². The van der Waals surface area contributed by atoms with Gasteiger partial charge in [0.25, 0.3) is 0 Å². The molecule has 1 aromatic rings. The van der Waals surface area contributed by atoms with E-state index in [0.29, 0.717) is 12.8 Å². The average molecular weight is 242 g/mol. The van der Waals surface area contributed by atoms with Gasteiger partial charge in [0.15, 0.2) is 0 Å². The lowest BCUT2D eigenvalue weighted by Gasteiger charge is -1.98. The van der Waals surface area contributed by atoms with E-state index in [2.05, 4.69) is 20.9 Å². The summed E-state index contributed by atoms with van der Waals surface area (Å²) >= 11 is 3.29. The van der Waals surface area contributed by atoms with E-state index < -0.39 is 0 Å². The van der Waals surface area contributed by atoms with Gasteiger partial charge < -0.3 is 0 Å². The molecule has 0 aliphatic heterocycles. The van der Waals surface area contributed by atoms with E-state index in [4.69, 9.17) is 0 Å². The molecule has 0 aliphatic rings. The molecule has 0 atom stereocenters. The maximum absolute atomic E-state index is 11.2. The van der Waals surface area contributed by atoms with E-state index in [1.165, 1.54) is 0 Å². The van der Waals surface area contributed by atoms with E-state index in [-0.39, 0.29) is 5.78 Å². The molecule has 0 spiro atoms. The molecular formula is C10H12BrNO. The van der Waals surface area contributed by atoms with Crippen molar-refractivity contribution in [1.82, 2.24) is 4.98 Å². The highest BCUT2D eigenvalue weighted by Gasteiger charge is 2.02. The van der Waals surface area contributed by atoms with Crippen molar-refractivity contribution in [2.75, 3.05) is 0 Å². The van der Waals surface area contributed by atoms with E-state index >= 15 is 0 Å². The van der Waals surface area contributed by atoms with Gasteiger partial charge in [-0.3, -0.25) is 9.78 Å². The van der Waals surface area contributed by atoms with Gasteiger partial charge in [0.2, 0.25) is 0 Å². The lowest BCUT2D eigenvalue weighted by molar-refractivity contribution is -0.118. The van der Waals surface area contributed by atoms with Crippen LogP contribution in [0.25, 0.3) is 0 Å². The summed E-state index contributed by atoms with van der Waals surface area (Å²) in [4.78, 5) is 15.4. The van der Waals surface area contributed by atoms with Crippen molar-refractivity contribution in [3.05, 3.63) is 28.5 Å². The number of aromatic nitrogens is 1. The Hall–Kier alpha value is -0.700. The summed E-state index contributed by atoms with van der Waals surface area (Å²) in [5.74, 6) is 0.261. The van der Waals surface area contributed by atoms with Crippen LogP contribution < -0.4 is 0 Å². The number of rotatable bonds is 4. The summed E-state index contributed by atoms with van der Waals surface area (Å²) in [5, 5.41) is 0. The fraction of sp³-hybridized carbons (Fsp3) is 0.400. The largest absolute Gasteiger partial charge is 0.299 e. The minimum Gasteiger partial charge on any atom is -0.299 e. The van der Waals surface area contributed by atoms with Gasteiger partial charge in [0, 0.05) is 29.2 Å². The number of ketones is 1. The van der Waals surface area contributed by atoms with Crippen LogP contribution in [-0.2, 0) is 11.2 Å². The highest BCUT2D eigenvalue weighted by molar-refractivity contribution is 9.10. The second-order valence-electron chi connectivity index (χ2n) is 2.93. The SMILES string of the molecule is CCCC(=O)Cc1ccc(Br)cn1. The Morgan fingerprint density at radius 3 is 2.85 bits per heavy atom. The minimum absolute atomic E-state index is 0.261. The molecule has 0 saturated carbocycles. The van der Waals surface area contributed by atoms with Gasteiger partial charge in [-0.15, -0.1) is 0 Å². The lowest BCUT2D eigenvalue weighted by Crippen LogP contribution is -2.03. The van der Waals surface area contributed by atoms with Gasteiger partial charge >= 0.3 is 0 Å². The zero-order chi connectivity index (χ0) is 9.68. The molecule has 0 amide bonds. The van der Waals surface area contributed by atoms with Crippen molar-refractivity contribution in [3.63, 3.8) is 0 Å². The first kappa shape index (κ1) is 10.4. The Balaban J connectivity index is 2.54.